The van der Waals surface area contributed by atoms with Gasteiger partial charge in [0.15, 0.2) is 0 Å². The molecule has 1 aliphatic rings. The highest BCUT2D eigenvalue weighted by atomic mass is 32.3. The smallest absolute Gasteiger partial charge is 0.374 e. The van der Waals surface area contributed by atoms with Gasteiger partial charge in [-0.1, -0.05) is 25.5 Å². The normalized spacial score (nSPS) is 13.0. The van der Waals surface area contributed by atoms with Gasteiger partial charge in [-0.05, 0) is 18.7 Å². The lowest BCUT2D eigenvalue weighted by Gasteiger charge is -2.19. The Labute approximate surface area is 126 Å². The van der Waals surface area contributed by atoms with E-state index in [-0.39, 0.29) is 0 Å². The van der Waals surface area contributed by atoms with E-state index in [1.807, 2.05) is 17.8 Å². The van der Waals surface area contributed by atoms with Crippen molar-refractivity contribution in [1.82, 2.24) is 14.5 Å². The maximum absolute atomic E-state index is 8.74. The highest BCUT2D eigenvalue weighted by Crippen LogP contribution is 2.00. The van der Waals surface area contributed by atoms with Crippen molar-refractivity contribution in [2.45, 2.75) is 19.8 Å². The van der Waals surface area contributed by atoms with E-state index in [1.54, 1.807) is 12.5 Å². The quantitative estimate of drug-likeness (QED) is 0.827. The number of rotatable bonds is 3. The van der Waals surface area contributed by atoms with Crippen LogP contribution in [0.2, 0.25) is 0 Å². The van der Waals surface area contributed by atoms with Crippen LogP contribution in [0.3, 0.4) is 0 Å². The van der Waals surface area contributed by atoms with E-state index >= 15 is 0 Å². The van der Waals surface area contributed by atoms with Gasteiger partial charge in [0.25, 0.3) is 0 Å². The van der Waals surface area contributed by atoms with Crippen LogP contribution < -0.4 is 0 Å². The van der Waals surface area contributed by atoms with Crippen molar-refractivity contribution < 1.29 is 17.5 Å². The minimum atomic E-state index is -4.67. The zero-order valence-corrected chi connectivity index (χ0v) is 13.1. The molecule has 0 fully saturated rings. The molecule has 0 atom stereocenters. The van der Waals surface area contributed by atoms with Crippen LogP contribution in [-0.2, 0) is 17.4 Å². The summed E-state index contributed by atoms with van der Waals surface area (Å²) in [6.45, 7) is 4.53. The van der Waals surface area contributed by atoms with E-state index in [0.29, 0.717) is 0 Å². The van der Waals surface area contributed by atoms with Crippen LogP contribution in [0.5, 0.6) is 0 Å². The van der Waals surface area contributed by atoms with Gasteiger partial charge in [0, 0.05) is 32.5 Å². The van der Waals surface area contributed by atoms with Crippen molar-refractivity contribution in [2.24, 2.45) is 7.05 Å². The number of hydrogen-bond acceptors (Lipinski definition) is 4. The molecule has 1 aromatic heterocycles. The van der Waals surface area contributed by atoms with Gasteiger partial charge < -0.3 is 9.47 Å². The molecule has 1 aromatic rings. The number of nitrogens with zero attached hydrogens (tertiary/aromatic N) is 3. The summed E-state index contributed by atoms with van der Waals surface area (Å²) in [4.78, 5) is 6.12. The van der Waals surface area contributed by atoms with Gasteiger partial charge in [-0.25, -0.2) is 4.98 Å². The van der Waals surface area contributed by atoms with Crippen molar-refractivity contribution >= 4 is 10.4 Å². The van der Waals surface area contributed by atoms with E-state index < -0.39 is 10.4 Å². The Morgan fingerprint density at radius 3 is 2.29 bits per heavy atom. The predicted octanol–water partition coefficient (Wildman–Crippen LogP) is 1.94. The van der Waals surface area contributed by atoms with Crippen LogP contribution in [0.1, 0.15) is 19.8 Å². The van der Waals surface area contributed by atoms with Gasteiger partial charge in [-0.3, -0.25) is 9.11 Å². The van der Waals surface area contributed by atoms with Crippen LogP contribution in [0.25, 0.3) is 0 Å². The second-order valence-electron chi connectivity index (χ2n) is 4.29. The van der Waals surface area contributed by atoms with Crippen molar-refractivity contribution in [2.75, 3.05) is 13.1 Å². The first-order valence-electron chi connectivity index (χ1n) is 6.52. The monoisotopic (exact) mass is 317 g/mol. The molecule has 0 bridgehead atoms. The van der Waals surface area contributed by atoms with Gasteiger partial charge in [-0.15, -0.1) is 0 Å². The van der Waals surface area contributed by atoms with Gasteiger partial charge in [-0.2, -0.15) is 8.42 Å². The van der Waals surface area contributed by atoms with E-state index in [9.17, 15) is 0 Å². The van der Waals surface area contributed by atoms with Crippen molar-refractivity contribution in [1.29, 1.82) is 0 Å². The molecule has 0 saturated carbocycles. The first-order valence-corrected chi connectivity index (χ1v) is 7.91. The molecule has 2 heterocycles. The van der Waals surface area contributed by atoms with E-state index in [2.05, 4.69) is 41.2 Å². The summed E-state index contributed by atoms with van der Waals surface area (Å²) in [5.74, 6) is 0. The molecule has 120 valence electrons. The summed E-state index contributed by atoms with van der Waals surface area (Å²) in [6.07, 6.45) is 16.5. The van der Waals surface area contributed by atoms with Crippen LogP contribution >= 0.6 is 0 Å². The van der Waals surface area contributed by atoms with Crippen molar-refractivity contribution in [3.63, 3.8) is 0 Å². The highest BCUT2D eigenvalue weighted by molar-refractivity contribution is 7.79. The molecule has 0 radical (unpaired) electrons. The average molecular weight is 317 g/mol. The number of aryl methyl sites for hydroxylation is 1. The number of unbranched alkanes of at least 4 members (excludes halogenated alkanes) is 1. The molecule has 0 aromatic carbocycles. The average Bonchev–Trinajstić information content (AvgIpc) is 2.87. The summed E-state index contributed by atoms with van der Waals surface area (Å²) >= 11 is 0. The number of imidazole rings is 1. The lowest BCUT2D eigenvalue weighted by Crippen LogP contribution is -2.19. The Morgan fingerprint density at radius 1 is 1.29 bits per heavy atom. The van der Waals surface area contributed by atoms with Gasteiger partial charge in [0.1, 0.15) is 0 Å². The van der Waals surface area contributed by atoms with E-state index in [1.165, 1.54) is 19.4 Å². The molecule has 1 aliphatic heterocycles. The molecular formula is C13H23N3O4S. The third-order valence-electron chi connectivity index (χ3n) is 2.32. The van der Waals surface area contributed by atoms with Crippen LogP contribution in [0.4, 0.5) is 0 Å². The van der Waals surface area contributed by atoms with Gasteiger partial charge >= 0.3 is 10.4 Å². The van der Waals surface area contributed by atoms with E-state index in [0.717, 1.165) is 6.54 Å². The summed E-state index contributed by atoms with van der Waals surface area (Å²) < 4.78 is 33.5. The fourth-order valence-electron chi connectivity index (χ4n) is 1.36. The van der Waals surface area contributed by atoms with E-state index in [4.69, 9.17) is 17.5 Å². The zero-order chi connectivity index (χ0) is 16.1. The maximum Gasteiger partial charge on any atom is 0.394 e. The summed E-state index contributed by atoms with van der Waals surface area (Å²) in [5.41, 5.74) is 0. The fraction of sp³-hybridized carbons (Fsp3) is 0.462. The summed E-state index contributed by atoms with van der Waals surface area (Å²) in [7, 11) is -2.73. The van der Waals surface area contributed by atoms with Crippen molar-refractivity contribution in [3.05, 3.63) is 43.1 Å². The Hall–Kier alpha value is -1.64. The first-order chi connectivity index (χ1) is 9.83. The first kappa shape index (κ1) is 19.4. The molecule has 7 nitrogen and oxygen atoms in total. The fourth-order valence-corrected chi connectivity index (χ4v) is 1.36. The zero-order valence-electron chi connectivity index (χ0n) is 12.3. The van der Waals surface area contributed by atoms with Gasteiger partial charge in [0.05, 0.1) is 6.33 Å². The molecule has 0 unspecified atom stereocenters. The summed E-state index contributed by atoms with van der Waals surface area (Å²) in [6, 6.07) is 0. The molecule has 0 aliphatic carbocycles. The topological polar surface area (TPSA) is 95.7 Å². The summed E-state index contributed by atoms with van der Waals surface area (Å²) in [5, 5.41) is 0. The maximum atomic E-state index is 8.74. The standard InChI is InChI=1S/C9H15N.C4H6N2.H2O4S/c1-2-3-7-10-8-5-4-6-9-10;1-6-3-2-5-4-6;1-5(2,3)4/h4-6,8H,2-3,7,9H2,1H3;2-4H,1H3;(H2,1,2,3,4). The third-order valence-corrected chi connectivity index (χ3v) is 2.32. The number of allylic oxidation sites excluding steroid dienone is 2. The number of hydrogen-bond donors (Lipinski definition) is 2. The van der Waals surface area contributed by atoms with Gasteiger partial charge in [0.2, 0.25) is 0 Å². The second kappa shape index (κ2) is 11.1. The molecule has 2 N–H and O–H groups in total. The van der Waals surface area contributed by atoms with Crippen LogP contribution in [-0.4, -0.2) is 45.1 Å². The Balaban J connectivity index is 0.000000312. The minimum Gasteiger partial charge on any atom is -0.374 e. The SMILES string of the molecule is CCCCN1C=CC=CC1.Cn1ccnc1.O=S(=O)(O)O. The Kier molecular flexibility index (Phi) is 10.2. The molecule has 0 spiro atoms. The lowest BCUT2D eigenvalue weighted by atomic mass is 10.3. The highest BCUT2D eigenvalue weighted by Gasteiger charge is 1.96. The molecule has 0 saturated heterocycles. The molecule has 0 amide bonds. The largest absolute Gasteiger partial charge is 0.394 e. The van der Waals surface area contributed by atoms with Crippen LogP contribution in [0, 0.1) is 0 Å². The van der Waals surface area contributed by atoms with Crippen molar-refractivity contribution in [3.8, 4) is 0 Å². The molecular weight excluding hydrogens is 294 g/mol. The second-order valence-corrected chi connectivity index (χ2v) is 5.19. The Bertz CT molecular complexity index is 502. The number of aromatic nitrogens is 2. The third kappa shape index (κ3) is 16.3. The van der Waals surface area contributed by atoms with Crippen LogP contribution in [0.15, 0.2) is 43.1 Å². The molecule has 8 heteroatoms. The lowest BCUT2D eigenvalue weighted by molar-refractivity contribution is 0.381. The predicted molar refractivity (Wildman–Crippen MR) is 82.1 cm³/mol. The molecule has 21 heavy (non-hydrogen) atoms. The minimum absolute atomic E-state index is 1.09. The Morgan fingerprint density at radius 2 is 1.95 bits per heavy atom. The molecule has 2 rings (SSSR count).